The van der Waals surface area contributed by atoms with E-state index < -0.39 is 0 Å². The maximum atomic E-state index is 12.6. The van der Waals surface area contributed by atoms with Crippen molar-refractivity contribution in [2.24, 2.45) is 0 Å². The number of para-hydroxylation sites is 1. The number of aromatic nitrogens is 3. The molecule has 1 heterocycles. The first-order valence-corrected chi connectivity index (χ1v) is 11.9. The van der Waals surface area contributed by atoms with Crippen molar-refractivity contribution in [1.82, 2.24) is 14.8 Å². The van der Waals surface area contributed by atoms with Crippen LogP contribution in [0.4, 0.5) is 5.69 Å². The highest BCUT2D eigenvalue weighted by molar-refractivity contribution is 8.00. The number of carbonyl (C=O) groups is 1. The summed E-state index contributed by atoms with van der Waals surface area (Å²) in [6.07, 6.45) is -0.280. The number of carbonyl (C=O) groups excluding carboxylic acids is 1. The predicted molar refractivity (Wildman–Crippen MR) is 130 cm³/mol. The highest BCUT2D eigenvalue weighted by atomic mass is 32.2. The van der Waals surface area contributed by atoms with E-state index in [2.05, 4.69) is 55.3 Å². The van der Waals surface area contributed by atoms with E-state index in [1.54, 1.807) is 0 Å². The third-order valence-corrected chi connectivity index (χ3v) is 6.18. The lowest BCUT2D eigenvalue weighted by molar-refractivity contribution is -0.115. The molecular weight excluding hydrogens is 420 g/mol. The molecule has 0 aliphatic carbocycles. The van der Waals surface area contributed by atoms with Gasteiger partial charge in [-0.15, -0.1) is 10.2 Å². The molecule has 0 spiro atoms. The summed E-state index contributed by atoms with van der Waals surface area (Å²) in [6.45, 7) is 12.3. The number of rotatable bonds is 9. The molecule has 32 heavy (non-hydrogen) atoms. The molecule has 3 rings (SSSR count). The Labute approximate surface area is 194 Å². The minimum atomic E-state index is -0.329. The van der Waals surface area contributed by atoms with Crippen molar-refractivity contribution in [2.75, 3.05) is 5.32 Å². The van der Waals surface area contributed by atoms with Gasteiger partial charge < -0.3 is 14.6 Å². The van der Waals surface area contributed by atoms with Gasteiger partial charge in [0.2, 0.25) is 5.91 Å². The average Bonchev–Trinajstić information content (AvgIpc) is 3.18. The quantitative estimate of drug-likeness (QED) is 0.389. The van der Waals surface area contributed by atoms with E-state index in [0.29, 0.717) is 11.1 Å². The Kier molecular flexibility index (Phi) is 7.96. The summed E-state index contributed by atoms with van der Waals surface area (Å²) in [5, 5.41) is 12.1. The summed E-state index contributed by atoms with van der Waals surface area (Å²) in [5.74, 6) is 1.94. The van der Waals surface area contributed by atoms with Crippen molar-refractivity contribution in [3.63, 3.8) is 0 Å². The molecule has 0 saturated heterocycles. The Balaban J connectivity index is 1.72. The second kappa shape index (κ2) is 10.7. The Hall–Kier alpha value is -2.80. The van der Waals surface area contributed by atoms with Gasteiger partial charge in [-0.2, -0.15) is 0 Å². The van der Waals surface area contributed by atoms with Crippen LogP contribution >= 0.6 is 11.8 Å². The van der Waals surface area contributed by atoms with Gasteiger partial charge in [0.25, 0.3) is 0 Å². The molecule has 7 heteroatoms. The van der Waals surface area contributed by atoms with Crippen LogP contribution in [0.3, 0.4) is 0 Å². The number of hydrogen-bond acceptors (Lipinski definition) is 5. The van der Waals surface area contributed by atoms with Crippen molar-refractivity contribution >= 4 is 23.4 Å². The van der Waals surface area contributed by atoms with Crippen molar-refractivity contribution < 1.29 is 9.53 Å². The lowest BCUT2D eigenvalue weighted by Crippen LogP contribution is -2.23. The van der Waals surface area contributed by atoms with Gasteiger partial charge >= 0.3 is 0 Å². The molecule has 170 valence electrons. The Morgan fingerprint density at radius 3 is 2.19 bits per heavy atom. The Morgan fingerprint density at radius 2 is 1.59 bits per heavy atom. The standard InChI is InChI=1S/C25H32N4O2S/c1-16(2)20-12-14-22(15-13-20)31-18(5)23-27-28-25(29(23)17(3)4)32-19(6)24(30)26-21-10-8-7-9-11-21/h7-19H,1-6H3,(H,26,30). The van der Waals surface area contributed by atoms with Crippen LogP contribution in [-0.4, -0.2) is 25.9 Å². The predicted octanol–water partition coefficient (Wildman–Crippen LogP) is 6.24. The maximum absolute atomic E-state index is 12.6. The van der Waals surface area contributed by atoms with Crippen LogP contribution in [0.15, 0.2) is 59.8 Å². The third kappa shape index (κ3) is 5.91. The summed E-state index contributed by atoms with van der Waals surface area (Å²) in [7, 11) is 0. The monoisotopic (exact) mass is 452 g/mol. The highest BCUT2D eigenvalue weighted by Gasteiger charge is 2.25. The molecule has 0 aliphatic heterocycles. The minimum absolute atomic E-state index is 0.0735. The van der Waals surface area contributed by atoms with E-state index in [4.69, 9.17) is 4.74 Å². The van der Waals surface area contributed by atoms with Gasteiger partial charge in [-0.25, -0.2) is 0 Å². The van der Waals surface area contributed by atoms with Crippen molar-refractivity contribution in [3.8, 4) is 5.75 Å². The van der Waals surface area contributed by atoms with E-state index in [1.807, 2.05) is 60.9 Å². The molecule has 3 aromatic rings. The normalized spacial score (nSPS) is 13.2. The summed E-state index contributed by atoms with van der Waals surface area (Å²) < 4.78 is 8.20. The van der Waals surface area contributed by atoms with Crippen LogP contribution < -0.4 is 10.1 Å². The fourth-order valence-corrected chi connectivity index (χ4v) is 4.28. The van der Waals surface area contributed by atoms with E-state index >= 15 is 0 Å². The molecule has 0 radical (unpaired) electrons. The van der Waals surface area contributed by atoms with E-state index in [1.165, 1.54) is 17.3 Å². The number of amides is 1. The fourth-order valence-electron chi connectivity index (χ4n) is 3.30. The zero-order valence-electron chi connectivity index (χ0n) is 19.6. The van der Waals surface area contributed by atoms with E-state index in [-0.39, 0.29) is 23.3 Å². The van der Waals surface area contributed by atoms with Gasteiger partial charge in [0.1, 0.15) is 5.75 Å². The average molecular weight is 453 g/mol. The number of benzene rings is 2. The molecule has 0 saturated carbocycles. The number of nitrogens with one attached hydrogen (secondary N) is 1. The van der Waals surface area contributed by atoms with Gasteiger partial charge in [0.15, 0.2) is 17.1 Å². The van der Waals surface area contributed by atoms with Crippen LogP contribution in [-0.2, 0) is 4.79 Å². The Morgan fingerprint density at radius 1 is 0.938 bits per heavy atom. The molecule has 1 amide bonds. The van der Waals surface area contributed by atoms with E-state index in [0.717, 1.165) is 17.3 Å². The zero-order chi connectivity index (χ0) is 23.3. The topological polar surface area (TPSA) is 69.0 Å². The fraction of sp³-hybridized carbons (Fsp3) is 0.400. The SMILES string of the molecule is CC(Sc1nnc(C(C)Oc2ccc(C(C)C)cc2)n1C(C)C)C(=O)Nc1ccccc1. The molecule has 2 aromatic carbocycles. The number of anilines is 1. The second-order valence-corrected chi connectivity index (χ2v) is 9.71. The molecule has 0 bridgehead atoms. The van der Waals surface area contributed by atoms with Gasteiger partial charge in [0, 0.05) is 11.7 Å². The first-order valence-electron chi connectivity index (χ1n) is 11.0. The molecule has 0 fully saturated rings. The van der Waals surface area contributed by atoms with Gasteiger partial charge in [-0.1, -0.05) is 55.9 Å². The molecule has 0 aliphatic rings. The summed E-state index contributed by atoms with van der Waals surface area (Å²) >= 11 is 1.40. The molecule has 2 atom stereocenters. The van der Waals surface area contributed by atoms with Crippen LogP contribution in [0.25, 0.3) is 0 Å². The first-order chi connectivity index (χ1) is 15.3. The molecule has 6 nitrogen and oxygen atoms in total. The van der Waals surface area contributed by atoms with Crippen molar-refractivity contribution in [1.29, 1.82) is 0 Å². The van der Waals surface area contributed by atoms with Crippen LogP contribution in [0, 0.1) is 0 Å². The maximum Gasteiger partial charge on any atom is 0.237 e. The summed E-state index contributed by atoms with van der Waals surface area (Å²) in [6, 6.07) is 17.8. The number of hydrogen-bond donors (Lipinski definition) is 1. The van der Waals surface area contributed by atoms with Crippen LogP contribution in [0.2, 0.25) is 0 Å². The van der Waals surface area contributed by atoms with Gasteiger partial charge in [-0.05, 0) is 63.4 Å². The van der Waals surface area contributed by atoms with Crippen LogP contribution in [0.1, 0.15) is 71.0 Å². The zero-order valence-corrected chi connectivity index (χ0v) is 20.4. The second-order valence-electron chi connectivity index (χ2n) is 8.40. The minimum Gasteiger partial charge on any atom is -0.483 e. The number of ether oxygens (including phenoxy) is 1. The van der Waals surface area contributed by atoms with Crippen molar-refractivity contribution in [3.05, 3.63) is 66.0 Å². The van der Waals surface area contributed by atoms with Gasteiger partial charge in [-0.3, -0.25) is 4.79 Å². The first kappa shape index (κ1) is 23.9. The lowest BCUT2D eigenvalue weighted by Gasteiger charge is -2.20. The summed E-state index contributed by atoms with van der Waals surface area (Å²) in [5.41, 5.74) is 2.05. The smallest absolute Gasteiger partial charge is 0.237 e. The number of thioether (sulfide) groups is 1. The number of nitrogens with zero attached hydrogens (tertiary/aromatic N) is 3. The molecular formula is C25H32N4O2S. The largest absolute Gasteiger partial charge is 0.483 e. The molecule has 1 aromatic heterocycles. The highest BCUT2D eigenvalue weighted by Crippen LogP contribution is 2.30. The van der Waals surface area contributed by atoms with Crippen molar-refractivity contribution in [2.45, 2.75) is 70.0 Å². The van der Waals surface area contributed by atoms with E-state index in [9.17, 15) is 4.79 Å². The molecule has 2 unspecified atom stereocenters. The molecule has 1 N–H and O–H groups in total. The van der Waals surface area contributed by atoms with Crippen LogP contribution in [0.5, 0.6) is 5.75 Å². The lowest BCUT2D eigenvalue weighted by atomic mass is 10.0. The van der Waals surface area contributed by atoms with Gasteiger partial charge in [0.05, 0.1) is 5.25 Å². The summed E-state index contributed by atoms with van der Waals surface area (Å²) in [4.78, 5) is 12.6. The third-order valence-electron chi connectivity index (χ3n) is 5.12. The Bertz CT molecular complexity index is 1020.